The van der Waals surface area contributed by atoms with E-state index in [-0.39, 0.29) is 25.3 Å². The van der Waals surface area contributed by atoms with E-state index in [9.17, 15) is 18.0 Å². The molecule has 1 aliphatic rings. The second kappa shape index (κ2) is 6.41. The van der Waals surface area contributed by atoms with Gasteiger partial charge in [0.2, 0.25) is 0 Å². The lowest BCUT2D eigenvalue weighted by atomic mass is 9.85. The van der Waals surface area contributed by atoms with Crippen molar-refractivity contribution >= 4 is 5.97 Å². The predicted molar refractivity (Wildman–Crippen MR) is 61.3 cm³/mol. The lowest BCUT2D eigenvalue weighted by molar-refractivity contribution is -0.184. The third-order valence-electron chi connectivity index (χ3n) is 3.70. The maximum atomic E-state index is 12.5. The topological polar surface area (TPSA) is 40.5 Å². The Morgan fingerprint density at radius 3 is 2.22 bits per heavy atom. The first-order valence-electron chi connectivity index (χ1n) is 6.37. The van der Waals surface area contributed by atoms with E-state index in [0.29, 0.717) is 25.9 Å². The van der Waals surface area contributed by atoms with Crippen LogP contribution in [0.3, 0.4) is 0 Å². The summed E-state index contributed by atoms with van der Waals surface area (Å²) < 4.78 is 37.5. The Bertz CT molecular complexity index is 273. The minimum absolute atomic E-state index is 0.0487. The van der Waals surface area contributed by atoms with Crippen molar-refractivity contribution in [2.75, 3.05) is 13.1 Å². The van der Waals surface area contributed by atoms with Crippen LogP contribution in [0.15, 0.2) is 0 Å². The fourth-order valence-corrected chi connectivity index (χ4v) is 2.61. The summed E-state index contributed by atoms with van der Waals surface area (Å²) in [7, 11) is 0. The highest BCUT2D eigenvalue weighted by atomic mass is 19.4. The summed E-state index contributed by atoms with van der Waals surface area (Å²) in [5.41, 5.74) is 0. The molecule has 0 atom stereocenters. The number of carbonyl (C=O) groups is 1. The minimum Gasteiger partial charge on any atom is -0.481 e. The van der Waals surface area contributed by atoms with Crippen LogP contribution in [0.1, 0.15) is 39.0 Å². The molecule has 3 nitrogen and oxygen atoms in total. The zero-order chi connectivity index (χ0) is 13.8. The van der Waals surface area contributed by atoms with Crippen molar-refractivity contribution in [1.29, 1.82) is 0 Å². The zero-order valence-electron chi connectivity index (χ0n) is 10.5. The lowest BCUT2D eigenvalue weighted by Gasteiger charge is -2.36. The Hall–Kier alpha value is -0.780. The van der Waals surface area contributed by atoms with Crippen LogP contribution < -0.4 is 0 Å². The smallest absolute Gasteiger partial charge is 0.391 e. The number of alkyl halides is 3. The molecule has 0 heterocycles. The number of carboxylic acid groups (broad SMARTS) is 1. The van der Waals surface area contributed by atoms with Gasteiger partial charge >= 0.3 is 12.1 Å². The Kier molecular flexibility index (Phi) is 5.44. The van der Waals surface area contributed by atoms with Gasteiger partial charge in [0, 0.05) is 12.6 Å². The lowest BCUT2D eigenvalue weighted by Crippen LogP contribution is -2.41. The summed E-state index contributed by atoms with van der Waals surface area (Å²) in [4.78, 5) is 12.5. The first-order valence-corrected chi connectivity index (χ1v) is 6.37. The van der Waals surface area contributed by atoms with Gasteiger partial charge in [-0.05, 0) is 32.2 Å². The van der Waals surface area contributed by atoms with E-state index >= 15 is 0 Å². The molecular formula is C12H20F3NO2. The van der Waals surface area contributed by atoms with Crippen LogP contribution in [-0.4, -0.2) is 41.3 Å². The molecule has 0 saturated heterocycles. The van der Waals surface area contributed by atoms with Gasteiger partial charge in [0.25, 0.3) is 0 Å². The summed E-state index contributed by atoms with van der Waals surface area (Å²) in [6.07, 6.45) is -2.68. The first kappa shape index (κ1) is 15.3. The monoisotopic (exact) mass is 267 g/mol. The van der Waals surface area contributed by atoms with E-state index in [1.165, 1.54) is 0 Å². The average Bonchev–Trinajstić information content (AvgIpc) is 2.29. The van der Waals surface area contributed by atoms with Crippen molar-refractivity contribution in [3.8, 4) is 0 Å². The van der Waals surface area contributed by atoms with E-state index in [1.807, 2.05) is 11.8 Å². The number of carboxylic acids is 1. The molecule has 0 spiro atoms. The van der Waals surface area contributed by atoms with Crippen LogP contribution in [0.5, 0.6) is 0 Å². The molecule has 1 saturated carbocycles. The van der Waals surface area contributed by atoms with Crippen molar-refractivity contribution in [3.63, 3.8) is 0 Å². The Morgan fingerprint density at radius 2 is 1.83 bits per heavy atom. The number of halogens is 3. The summed E-state index contributed by atoms with van der Waals surface area (Å²) in [6.45, 7) is 3.03. The molecule has 0 aromatic heterocycles. The molecule has 0 amide bonds. The molecule has 1 rings (SSSR count). The summed E-state index contributed by atoms with van der Waals surface area (Å²) in [5.74, 6) is -2.04. The average molecular weight is 267 g/mol. The number of aliphatic carboxylic acids is 1. The van der Waals surface area contributed by atoms with Gasteiger partial charge in [-0.15, -0.1) is 0 Å². The van der Waals surface area contributed by atoms with Crippen molar-refractivity contribution in [2.24, 2.45) is 5.92 Å². The van der Waals surface area contributed by atoms with Crippen LogP contribution >= 0.6 is 0 Å². The van der Waals surface area contributed by atoms with Crippen LogP contribution in [0.25, 0.3) is 0 Å². The van der Waals surface area contributed by atoms with E-state index in [4.69, 9.17) is 5.11 Å². The largest absolute Gasteiger partial charge is 0.481 e. The van der Waals surface area contributed by atoms with Gasteiger partial charge in [0.15, 0.2) is 0 Å². The van der Waals surface area contributed by atoms with Crippen LogP contribution in [0.2, 0.25) is 0 Å². The highest BCUT2D eigenvalue weighted by molar-refractivity contribution is 5.66. The standard InChI is InChI=1S/C12H20F3NO2/c1-2-16(8-7-11(17)18)10-5-3-9(4-6-10)12(13,14)15/h9-10H,2-8H2,1H3,(H,17,18). The van der Waals surface area contributed by atoms with E-state index < -0.39 is 18.1 Å². The van der Waals surface area contributed by atoms with E-state index in [1.54, 1.807) is 0 Å². The van der Waals surface area contributed by atoms with Crippen LogP contribution in [0, 0.1) is 5.92 Å². The van der Waals surface area contributed by atoms with Crippen LogP contribution in [-0.2, 0) is 4.79 Å². The van der Waals surface area contributed by atoms with Gasteiger partial charge in [-0.2, -0.15) is 13.2 Å². The molecule has 106 valence electrons. The predicted octanol–water partition coefficient (Wildman–Crippen LogP) is 2.90. The highest BCUT2D eigenvalue weighted by Crippen LogP contribution is 2.38. The molecule has 0 bridgehead atoms. The summed E-state index contributed by atoms with van der Waals surface area (Å²) >= 11 is 0. The second-order valence-corrected chi connectivity index (χ2v) is 4.82. The molecule has 1 N–H and O–H groups in total. The zero-order valence-corrected chi connectivity index (χ0v) is 10.5. The molecule has 6 heteroatoms. The normalized spacial score (nSPS) is 25.4. The SMILES string of the molecule is CCN(CCC(=O)O)C1CCC(C(F)(F)F)CC1. The molecule has 0 aromatic rings. The molecular weight excluding hydrogens is 247 g/mol. The number of hydrogen-bond acceptors (Lipinski definition) is 2. The van der Waals surface area contributed by atoms with Crippen molar-refractivity contribution in [3.05, 3.63) is 0 Å². The number of nitrogens with zero attached hydrogens (tertiary/aromatic N) is 1. The quantitative estimate of drug-likeness (QED) is 0.832. The number of rotatable bonds is 5. The fourth-order valence-electron chi connectivity index (χ4n) is 2.61. The van der Waals surface area contributed by atoms with Crippen molar-refractivity contribution < 1.29 is 23.1 Å². The molecule has 0 aromatic carbocycles. The molecule has 1 fully saturated rings. The van der Waals surface area contributed by atoms with Gasteiger partial charge in [-0.1, -0.05) is 6.92 Å². The van der Waals surface area contributed by atoms with E-state index in [2.05, 4.69) is 0 Å². The van der Waals surface area contributed by atoms with Gasteiger partial charge < -0.3 is 10.0 Å². The molecule has 1 aliphatic carbocycles. The Labute approximate surface area is 105 Å². The van der Waals surface area contributed by atoms with Crippen molar-refractivity contribution in [1.82, 2.24) is 4.90 Å². The second-order valence-electron chi connectivity index (χ2n) is 4.82. The summed E-state index contributed by atoms with van der Waals surface area (Å²) in [5, 5.41) is 8.63. The fraction of sp³-hybridized carbons (Fsp3) is 0.917. The van der Waals surface area contributed by atoms with Gasteiger partial charge in [0.1, 0.15) is 0 Å². The maximum absolute atomic E-state index is 12.5. The van der Waals surface area contributed by atoms with Crippen LogP contribution in [0.4, 0.5) is 13.2 Å². The van der Waals surface area contributed by atoms with Gasteiger partial charge in [0.05, 0.1) is 12.3 Å². The molecule has 18 heavy (non-hydrogen) atoms. The van der Waals surface area contributed by atoms with Crippen molar-refractivity contribution in [2.45, 2.75) is 51.2 Å². The maximum Gasteiger partial charge on any atom is 0.391 e. The van der Waals surface area contributed by atoms with Gasteiger partial charge in [-0.25, -0.2) is 0 Å². The molecule has 0 unspecified atom stereocenters. The minimum atomic E-state index is -4.08. The first-order chi connectivity index (χ1) is 8.34. The number of hydrogen-bond donors (Lipinski definition) is 1. The summed E-state index contributed by atoms with van der Waals surface area (Å²) in [6, 6.07) is 0.105. The molecule has 0 radical (unpaired) electrons. The molecule has 0 aliphatic heterocycles. The highest BCUT2D eigenvalue weighted by Gasteiger charge is 2.42. The van der Waals surface area contributed by atoms with E-state index in [0.717, 1.165) is 0 Å². The third-order valence-corrected chi connectivity index (χ3v) is 3.70. The third kappa shape index (κ3) is 4.48. The Balaban J connectivity index is 2.42. The van der Waals surface area contributed by atoms with Gasteiger partial charge in [-0.3, -0.25) is 4.79 Å². The Morgan fingerprint density at radius 1 is 1.28 bits per heavy atom.